The summed E-state index contributed by atoms with van der Waals surface area (Å²) >= 11 is 5.49. The largest absolute Gasteiger partial charge is 0.496 e. The molecule has 2 nitrogen and oxygen atoms in total. The van der Waals surface area contributed by atoms with Crippen molar-refractivity contribution in [2.24, 2.45) is 5.92 Å². The SMILES string of the molecule is COc1ccc(Br)cc1SC[C@H]1CC[C@@H](O[Si](C)(C)C(C)(C)C)CC1. The van der Waals surface area contributed by atoms with Gasteiger partial charge in [0.2, 0.25) is 0 Å². The second kappa shape index (κ2) is 8.81. The molecular weight excluding hydrogens is 412 g/mol. The van der Waals surface area contributed by atoms with E-state index in [1.165, 1.54) is 36.3 Å². The lowest BCUT2D eigenvalue weighted by molar-refractivity contribution is 0.121. The Labute approximate surface area is 167 Å². The fourth-order valence-corrected chi connectivity index (χ4v) is 6.17. The Morgan fingerprint density at radius 1 is 1.16 bits per heavy atom. The summed E-state index contributed by atoms with van der Waals surface area (Å²) in [4.78, 5) is 1.23. The Balaban J connectivity index is 1.82. The minimum atomic E-state index is -1.63. The number of methoxy groups -OCH3 is 1. The number of hydrogen-bond acceptors (Lipinski definition) is 3. The average molecular weight is 446 g/mol. The molecule has 142 valence electrons. The van der Waals surface area contributed by atoms with Crippen molar-refractivity contribution in [1.82, 2.24) is 0 Å². The van der Waals surface area contributed by atoms with Crippen LogP contribution in [0.2, 0.25) is 18.1 Å². The van der Waals surface area contributed by atoms with Gasteiger partial charge in [-0.1, -0.05) is 36.7 Å². The van der Waals surface area contributed by atoms with Crippen LogP contribution in [0.5, 0.6) is 5.75 Å². The molecule has 0 N–H and O–H groups in total. The second-order valence-corrected chi connectivity index (χ2v) is 15.4. The molecule has 0 radical (unpaired) electrons. The highest BCUT2D eigenvalue weighted by atomic mass is 79.9. The Morgan fingerprint density at radius 2 is 1.80 bits per heavy atom. The lowest BCUT2D eigenvalue weighted by Crippen LogP contribution is -2.44. The number of benzene rings is 1. The summed E-state index contributed by atoms with van der Waals surface area (Å²) < 4.78 is 13.2. The molecule has 1 aromatic carbocycles. The van der Waals surface area contributed by atoms with Gasteiger partial charge in [0.25, 0.3) is 0 Å². The summed E-state index contributed by atoms with van der Waals surface area (Å²) in [6.45, 7) is 11.7. The summed E-state index contributed by atoms with van der Waals surface area (Å²) in [5.41, 5.74) is 0. The minimum absolute atomic E-state index is 0.303. The van der Waals surface area contributed by atoms with Gasteiger partial charge < -0.3 is 9.16 Å². The fraction of sp³-hybridized carbons (Fsp3) is 0.700. The molecule has 1 saturated carbocycles. The number of hydrogen-bond donors (Lipinski definition) is 0. The van der Waals surface area contributed by atoms with E-state index in [0.29, 0.717) is 11.1 Å². The van der Waals surface area contributed by atoms with E-state index in [4.69, 9.17) is 9.16 Å². The van der Waals surface area contributed by atoms with Gasteiger partial charge in [0.05, 0.1) is 12.0 Å². The van der Waals surface area contributed by atoms with Gasteiger partial charge in [-0.25, -0.2) is 0 Å². The monoisotopic (exact) mass is 444 g/mol. The maximum atomic E-state index is 6.61. The van der Waals surface area contributed by atoms with Crippen molar-refractivity contribution < 1.29 is 9.16 Å². The van der Waals surface area contributed by atoms with Crippen molar-refractivity contribution in [3.63, 3.8) is 0 Å². The first kappa shape index (κ1) is 21.3. The molecular formula is C20H33BrO2SSi. The smallest absolute Gasteiger partial charge is 0.192 e. The lowest BCUT2D eigenvalue weighted by atomic mass is 9.89. The molecule has 1 aliphatic rings. The van der Waals surface area contributed by atoms with Crippen LogP contribution < -0.4 is 4.74 Å². The predicted molar refractivity (Wildman–Crippen MR) is 115 cm³/mol. The van der Waals surface area contributed by atoms with Crippen LogP contribution in [0, 0.1) is 5.92 Å². The van der Waals surface area contributed by atoms with E-state index in [9.17, 15) is 0 Å². The third-order valence-electron chi connectivity index (χ3n) is 5.66. The molecule has 2 rings (SSSR count). The second-order valence-electron chi connectivity index (χ2n) is 8.63. The van der Waals surface area contributed by atoms with E-state index in [2.05, 4.69) is 55.9 Å². The Kier molecular flexibility index (Phi) is 7.52. The highest BCUT2D eigenvalue weighted by Gasteiger charge is 2.39. The molecule has 0 saturated heterocycles. The zero-order valence-corrected chi connectivity index (χ0v) is 19.9. The van der Waals surface area contributed by atoms with E-state index >= 15 is 0 Å². The van der Waals surface area contributed by atoms with Crippen LogP contribution in [0.3, 0.4) is 0 Å². The van der Waals surface area contributed by atoms with E-state index in [1.807, 2.05) is 23.9 Å². The summed E-state index contributed by atoms with van der Waals surface area (Å²) in [5.74, 6) is 2.93. The average Bonchev–Trinajstić information content (AvgIpc) is 2.53. The van der Waals surface area contributed by atoms with E-state index in [0.717, 1.165) is 16.1 Å². The van der Waals surface area contributed by atoms with Gasteiger partial charge in [-0.05, 0) is 67.9 Å². The molecule has 0 amide bonds. The van der Waals surface area contributed by atoms with E-state index < -0.39 is 8.32 Å². The number of thioether (sulfide) groups is 1. The molecule has 0 spiro atoms. The molecule has 0 atom stereocenters. The van der Waals surface area contributed by atoms with Crippen molar-refractivity contribution >= 4 is 36.0 Å². The molecule has 1 aromatic rings. The van der Waals surface area contributed by atoms with Crippen LogP contribution in [-0.2, 0) is 4.43 Å². The predicted octanol–water partition coefficient (Wildman–Crippen LogP) is 7.13. The maximum absolute atomic E-state index is 6.61. The summed E-state index contributed by atoms with van der Waals surface area (Å²) in [7, 11) is 0.116. The molecule has 25 heavy (non-hydrogen) atoms. The number of halogens is 1. The van der Waals surface area contributed by atoms with Crippen LogP contribution in [0.25, 0.3) is 0 Å². The van der Waals surface area contributed by atoms with Gasteiger partial charge in [0, 0.05) is 16.3 Å². The molecule has 1 aliphatic carbocycles. The van der Waals surface area contributed by atoms with Gasteiger partial charge in [0.1, 0.15) is 5.75 Å². The fourth-order valence-electron chi connectivity index (χ4n) is 2.98. The van der Waals surface area contributed by atoms with Crippen molar-refractivity contribution in [2.75, 3.05) is 12.9 Å². The van der Waals surface area contributed by atoms with Crippen LogP contribution >= 0.6 is 27.7 Å². The Morgan fingerprint density at radius 3 is 2.36 bits per heavy atom. The van der Waals surface area contributed by atoms with E-state index in [-0.39, 0.29) is 0 Å². The molecule has 1 fully saturated rings. The molecule has 5 heteroatoms. The zero-order valence-electron chi connectivity index (χ0n) is 16.5. The van der Waals surface area contributed by atoms with Crippen LogP contribution in [-0.4, -0.2) is 27.3 Å². The molecule has 0 aliphatic heterocycles. The van der Waals surface area contributed by atoms with Crippen molar-refractivity contribution in [3.8, 4) is 5.75 Å². The molecule has 0 heterocycles. The van der Waals surface area contributed by atoms with Crippen LogP contribution in [0.15, 0.2) is 27.6 Å². The summed E-state index contributed by atoms with van der Waals surface area (Å²) in [6, 6.07) is 6.23. The first-order chi connectivity index (χ1) is 11.6. The maximum Gasteiger partial charge on any atom is 0.192 e. The van der Waals surface area contributed by atoms with Gasteiger partial charge in [-0.15, -0.1) is 11.8 Å². The Bertz CT molecular complexity index is 563. The van der Waals surface area contributed by atoms with Gasteiger partial charge in [-0.3, -0.25) is 0 Å². The van der Waals surface area contributed by atoms with Gasteiger partial charge in [-0.2, -0.15) is 0 Å². The van der Waals surface area contributed by atoms with Crippen molar-refractivity contribution in [3.05, 3.63) is 22.7 Å². The summed E-state index contributed by atoms with van der Waals surface area (Å²) in [6.07, 6.45) is 5.47. The minimum Gasteiger partial charge on any atom is -0.496 e. The lowest BCUT2D eigenvalue weighted by Gasteiger charge is -2.41. The molecule has 0 bridgehead atoms. The Hall–Kier alpha value is 0.0269. The first-order valence-corrected chi connectivity index (χ1v) is 14.0. The van der Waals surface area contributed by atoms with Crippen LogP contribution in [0.4, 0.5) is 0 Å². The topological polar surface area (TPSA) is 18.5 Å². The third-order valence-corrected chi connectivity index (χ3v) is 12.0. The number of ether oxygens (including phenoxy) is 1. The van der Waals surface area contributed by atoms with Gasteiger partial charge in [0.15, 0.2) is 8.32 Å². The normalized spacial score (nSPS) is 22.0. The highest BCUT2D eigenvalue weighted by Crippen LogP contribution is 2.41. The quantitative estimate of drug-likeness (QED) is 0.343. The molecule has 0 aromatic heterocycles. The zero-order chi connectivity index (χ0) is 18.7. The van der Waals surface area contributed by atoms with Crippen molar-refractivity contribution in [1.29, 1.82) is 0 Å². The first-order valence-electron chi connectivity index (χ1n) is 9.26. The summed E-state index contributed by atoms with van der Waals surface area (Å²) in [5, 5.41) is 0.303. The van der Waals surface area contributed by atoms with E-state index in [1.54, 1.807) is 7.11 Å². The van der Waals surface area contributed by atoms with Gasteiger partial charge >= 0.3 is 0 Å². The highest BCUT2D eigenvalue weighted by molar-refractivity contribution is 9.10. The third kappa shape index (κ3) is 6.01. The van der Waals surface area contributed by atoms with Crippen LogP contribution in [0.1, 0.15) is 46.5 Å². The van der Waals surface area contributed by atoms with Crippen molar-refractivity contribution in [2.45, 2.75) is 75.6 Å². The standard InChI is InChI=1S/C20H33BrO2SSi/c1-20(2,3)25(5,6)23-17-10-7-15(8-11-17)14-24-19-13-16(21)9-12-18(19)22-4/h9,12-13,15,17H,7-8,10-11,14H2,1-6H3/t15-,17+. The number of rotatable bonds is 6. The molecule has 0 unspecified atom stereocenters.